The van der Waals surface area contributed by atoms with E-state index >= 15 is 0 Å². The highest BCUT2D eigenvalue weighted by Gasteiger charge is 2.00. The van der Waals surface area contributed by atoms with Gasteiger partial charge in [0.1, 0.15) is 0 Å². The molecule has 0 amide bonds. The standard InChI is InChI=1S/C11H14/c1-3-5-10-7-8-11(9-10)6-4-2/h3-8H,9H2,1-2H3/b5-3+,6-4+. The summed E-state index contributed by atoms with van der Waals surface area (Å²) in [7, 11) is 0. The zero-order chi connectivity index (χ0) is 8.10. The molecule has 58 valence electrons. The van der Waals surface area contributed by atoms with Gasteiger partial charge in [0.15, 0.2) is 0 Å². The second-order valence-electron chi connectivity index (χ2n) is 2.66. The first-order valence-electron chi connectivity index (χ1n) is 4.02. The molecule has 0 aliphatic heterocycles. The molecule has 0 aromatic carbocycles. The molecule has 0 aromatic rings. The Kier molecular flexibility index (Phi) is 2.91. The maximum Gasteiger partial charge on any atom is -0.00260 e. The van der Waals surface area contributed by atoms with E-state index in [0.29, 0.717) is 0 Å². The molecule has 0 bridgehead atoms. The topological polar surface area (TPSA) is 0 Å². The average Bonchev–Trinajstić information content (AvgIpc) is 2.38. The van der Waals surface area contributed by atoms with Crippen LogP contribution >= 0.6 is 0 Å². The van der Waals surface area contributed by atoms with Gasteiger partial charge >= 0.3 is 0 Å². The highest BCUT2D eigenvalue weighted by Crippen LogP contribution is 2.20. The van der Waals surface area contributed by atoms with Crippen LogP contribution in [-0.4, -0.2) is 0 Å². The van der Waals surface area contributed by atoms with Gasteiger partial charge in [-0.15, -0.1) is 0 Å². The normalized spacial score (nSPS) is 18.0. The van der Waals surface area contributed by atoms with Crippen LogP contribution in [0.3, 0.4) is 0 Å². The molecule has 0 aromatic heterocycles. The molecule has 0 atom stereocenters. The summed E-state index contributed by atoms with van der Waals surface area (Å²) in [5.41, 5.74) is 2.81. The van der Waals surface area contributed by atoms with Crippen molar-refractivity contribution in [3.8, 4) is 0 Å². The fraction of sp³-hybridized carbons (Fsp3) is 0.273. The predicted molar refractivity (Wildman–Crippen MR) is 50.4 cm³/mol. The van der Waals surface area contributed by atoms with Crippen molar-refractivity contribution in [2.75, 3.05) is 0 Å². The van der Waals surface area contributed by atoms with Crippen LogP contribution in [0.1, 0.15) is 20.3 Å². The van der Waals surface area contributed by atoms with Gasteiger partial charge in [0.25, 0.3) is 0 Å². The Bertz CT molecular complexity index is 211. The first kappa shape index (κ1) is 8.06. The van der Waals surface area contributed by atoms with Crippen LogP contribution in [0.4, 0.5) is 0 Å². The van der Waals surface area contributed by atoms with Crippen molar-refractivity contribution in [1.29, 1.82) is 0 Å². The Morgan fingerprint density at radius 1 is 1.00 bits per heavy atom. The van der Waals surface area contributed by atoms with Gasteiger partial charge in [0, 0.05) is 0 Å². The van der Waals surface area contributed by atoms with Gasteiger partial charge in [-0.3, -0.25) is 0 Å². The van der Waals surface area contributed by atoms with Crippen molar-refractivity contribution in [2.24, 2.45) is 0 Å². The summed E-state index contributed by atoms with van der Waals surface area (Å²) in [6, 6.07) is 0. The molecule has 0 saturated carbocycles. The highest BCUT2D eigenvalue weighted by molar-refractivity contribution is 5.41. The van der Waals surface area contributed by atoms with Crippen molar-refractivity contribution in [3.63, 3.8) is 0 Å². The lowest BCUT2D eigenvalue weighted by atomic mass is 10.1. The summed E-state index contributed by atoms with van der Waals surface area (Å²) in [4.78, 5) is 0. The second kappa shape index (κ2) is 3.97. The van der Waals surface area contributed by atoms with Crippen molar-refractivity contribution in [1.82, 2.24) is 0 Å². The molecule has 11 heavy (non-hydrogen) atoms. The number of hydrogen-bond donors (Lipinski definition) is 0. The van der Waals surface area contributed by atoms with Crippen molar-refractivity contribution in [3.05, 3.63) is 47.6 Å². The average molecular weight is 146 g/mol. The van der Waals surface area contributed by atoms with Gasteiger partial charge in [0.05, 0.1) is 0 Å². The van der Waals surface area contributed by atoms with Gasteiger partial charge in [-0.1, -0.05) is 36.5 Å². The Labute approximate surface area is 68.6 Å². The maximum atomic E-state index is 2.18. The second-order valence-corrected chi connectivity index (χ2v) is 2.66. The van der Waals surface area contributed by atoms with Crippen LogP contribution in [0.5, 0.6) is 0 Å². The summed E-state index contributed by atoms with van der Waals surface area (Å²) >= 11 is 0. The van der Waals surface area contributed by atoms with Gasteiger partial charge in [-0.25, -0.2) is 0 Å². The molecule has 0 N–H and O–H groups in total. The van der Waals surface area contributed by atoms with Crippen LogP contribution in [0.15, 0.2) is 47.6 Å². The van der Waals surface area contributed by atoms with Crippen LogP contribution in [0.25, 0.3) is 0 Å². The van der Waals surface area contributed by atoms with E-state index in [1.54, 1.807) is 0 Å². The molecule has 0 heteroatoms. The molecule has 1 aliphatic carbocycles. The third kappa shape index (κ3) is 2.23. The van der Waals surface area contributed by atoms with E-state index in [-0.39, 0.29) is 0 Å². The predicted octanol–water partition coefficient (Wildman–Crippen LogP) is 3.40. The van der Waals surface area contributed by atoms with E-state index in [1.165, 1.54) is 11.1 Å². The van der Waals surface area contributed by atoms with Gasteiger partial charge in [0.2, 0.25) is 0 Å². The van der Waals surface area contributed by atoms with Crippen molar-refractivity contribution < 1.29 is 0 Å². The molecular weight excluding hydrogens is 132 g/mol. The summed E-state index contributed by atoms with van der Waals surface area (Å²) in [5, 5.41) is 0. The molecule has 0 unspecified atom stereocenters. The van der Waals surface area contributed by atoms with E-state index in [9.17, 15) is 0 Å². The highest BCUT2D eigenvalue weighted by atomic mass is 14.1. The number of allylic oxidation sites excluding steroid dienone is 8. The van der Waals surface area contributed by atoms with Crippen LogP contribution in [0, 0.1) is 0 Å². The summed E-state index contributed by atoms with van der Waals surface area (Å²) in [6.45, 7) is 4.10. The Morgan fingerprint density at radius 2 is 1.45 bits per heavy atom. The quantitative estimate of drug-likeness (QED) is 0.560. The monoisotopic (exact) mass is 146 g/mol. The number of rotatable bonds is 2. The van der Waals surface area contributed by atoms with Gasteiger partial charge in [-0.2, -0.15) is 0 Å². The van der Waals surface area contributed by atoms with Gasteiger partial charge < -0.3 is 0 Å². The third-order valence-corrected chi connectivity index (χ3v) is 1.68. The minimum atomic E-state index is 1.09. The van der Waals surface area contributed by atoms with Crippen LogP contribution < -0.4 is 0 Å². The SMILES string of the molecule is C/C=C/C1=CC=C(/C=C/C)C1. The fourth-order valence-electron chi connectivity index (χ4n) is 1.22. The molecule has 1 aliphatic rings. The molecule has 0 nitrogen and oxygen atoms in total. The summed E-state index contributed by atoms with van der Waals surface area (Å²) in [5.74, 6) is 0. The molecular formula is C11H14. The smallest absolute Gasteiger partial charge is 0.00260 e. The third-order valence-electron chi connectivity index (χ3n) is 1.68. The molecule has 0 spiro atoms. The lowest BCUT2D eigenvalue weighted by Crippen LogP contribution is -1.74. The minimum Gasteiger partial charge on any atom is -0.0874 e. The van der Waals surface area contributed by atoms with Crippen molar-refractivity contribution >= 4 is 0 Å². The Hall–Kier alpha value is -1.04. The first-order chi connectivity index (χ1) is 5.36. The van der Waals surface area contributed by atoms with Crippen molar-refractivity contribution in [2.45, 2.75) is 20.3 Å². The number of hydrogen-bond acceptors (Lipinski definition) is 0. The first-order valence-corrected chi connectivity index (χ1v) is 4.02. The molecule has 0 radical (unpaired) electrons. The van der Waals surface area contributed by atoms with E-state index in [2.05, 4.69) is 50.3 Å². The molecule has 0 heterocycles. The van der Waals surface area contributed by atoms with Crippen LogP contribution in [-0.2, 0) is 0 Å². The van der Waals surface area contributed by atoms with E-state index in [0.717, 1.165) is 6.42 Å². The lowest BCUT2D eigenvalue weighted by Gasteiger charge is -1.93. The largest absolute Gasteiger partial charge is 0.0874 e. The zero-order valence-electron chi connectivity index (χ0n) is 7.17. The lowest BCUT2D eigenvalue weighted by molar-refractivity contribution is 1.25. The fourth-order valence-corrected chi connectivity index (χ4v) is 1.22. The van der Waals surface area contributed by atoms with Gasteiger partial charge in [-0.05, 0) is 31.4 Å². The zero-order valence-corrected chi connectivity index (χ0v) is 7.17. The van der Waals surface area contributed by atoms with E-state index < -0.39 is 0 Å². The summed E-state index contributed by atoms with van der Waals surface area (Å²) < 4.78 is 0. The van der Waals surface area contributed by atoms with E-state index in [1.807, 2.05) is 0 Å². The van der Waals surface area contributed by atoms with Crippen LogP contribution in [0.2, 0.25) is 0 Å². The minimum absolute atomic E-state index is 1.09. The molecule has 0 fully saturated rings. The Balaban J connectivity index is 2.52. The van der Waals surface area contributed by atoms with E-state index in [4.69, 9.17) is 0 Å². The summed E-state index contributed by atoms with van der Waals surface area (Å²) in [6.07, 6.45) is 13.9. The maximum absolute atomic E-state index is 2.18. The molecule has 0 saturated heterocycles. The molecule has 1 rings (SSSR count). The Morgan fingerprint density at radius 3 is 1.82 bits per heavy atom.